The van der Waals surface area contributed by atoms with Crippen molar-refractivity contribution in [3.8, 4) is 5.75 Å². The van der Waals surface area contributed by atoms with Gasteiger partial charge in [-0.1, -0.05) is 30.3 Å². The van der Waals surface area contributed by atoms with E-state index in [1.54, 1.807) is 22.7 Å². The Morgan fingerprint density at radius 2 is 1.74 bits per heavy atom. The fourth-order valence-electron chi connectivity index (χ4n) is 2.65. The second-order valence-corrected chi connectivity index (χ2v) is 5.19. The number of benzene rings is 2. The Morgan fingerprint density at radius 3 is 2.57 bits per heavy atom. The summed E-state index contributed by atoms with van der Waals surface area (Å²) in [6.07, 6.45) is 1.71. The molecule has 0 radical (unpaired) electrons. The van der Waals surface area contributed by atoms with Crippen molar-refractivity contribution in [3.63, 3.8) is 0 Å². The Kier molecular flexibility index (Phi) is 2.98. The standard InChI is InChI=1S/C18H13N3O2/c22-15-10-11-21-14-9-5-4-8-13(14)20-17(21)16(15)18(23)19-12-6-2-1-3-7-12/h1-11,22H,(H,19,23). The van der Waals surface area contributed by atoms with Gasteiger partial charge >= 0.3 is 0 Å². The molecule has 0 saturated carbocycles. The van der Waals surface area contributed by atoms with Crippen LogP contribution in [0.15, 0.2) is 66.9 Å². The lowest BCUT2D eigenvalue weighted by Crippen LogP contribution is -2.13. The van der Waals surface area contributed by atoms with E-state index in [0.717, 1.165) is 11.0 Å². The summed E-state index contributed by atoms with van der Waals surface area (Å²) in [5, 5.41) is 13.0. The Bertz CT molecular complexity index is 1020. The largest absolute Gasteiger partial charge is 0.507 e. The Morgan fingerprint density at radius 1 is 1.00 bits per heavy atom. The minimum atomic E-state index is -0.394. The first-order chi connectivity index (χ1) is 11.2. The molecule has 0 spiro atoms. The highest BCUT2D eigenvalue weighted by atomic mass is 16.3. The van der Waals surface area contributed by atoms with E-state index < -0.39 is 5.91 Å². The predicted octanol–water partition coefficient (Wildman–Crippen LogP) is 3.45. The third-order valence-electron chi connectivity index (χ3n) is 3.72. The summed E-state index contributed by atoms with van der Waals surface area (Å²) in [7, 11) is 0. The lowest BCUT2D eigenvalue weighted by Gasteiger charge is -2.08. The summed E-state index contributed by atoms with van der Waals surface area (Å²) in [5.74, 6) is -0.490. The maximum Gasteiger partial charge on any atom is 0.263 e. The van der Waals surface area contributed by atoms with E-state index in [1.807, 2.05) is 42.5 Å². The maximum atomic E-state index is 12.6. The summed E-state index contributed by atoms with van der Waals surface area (Å²) in [6.45, 7) is 0. The number of para-hydroxylation sites is 3. The summed E-state index contributed by atoms with van der Waals surface area (Å²) >= 11 is 0. The van der Waals surface area contributed by atoms with Crippen LogP contribution < -0.4 is 5.32 Å². The van der Waals surface area contributed by atoms with Crippen LogP contribution in [0.4, 0.5) is 5.69 Å². The number of fused-ring (bicyclic) bond motifs is 3. The molecule has 2 aromatic carbocycles. The first kappa shape index (κ1) is 13.3. The van der Waals surface area contributed by atoms with Gasteiger partial charge in [0.1, 0.15) is 11.3 Å². The Hall–Kier alpha value is -3.34. The van der Waals surface area contributed by atoms with Crippen molar-refractivity contribution in [2.75, 3.05) is 5.32 Å². The predicted molar refractivity (Wildman–Crippen MR) is 88.8 cm³/mol. The molecule has 112 valence electrons. The number of imidazole rings is 1. The van der Waals surface area contributed by atoms with Crippen LogP contribution in [0.1, 0.15) is 10.4 Å². The Balaban J connectivity index is 1.88. The Labute approximate surface area is 131 Å². The van der Waals surface area contributed by atoms with Crippen LogP contribution >= 0.6 is 0 Å². The van der Waals surface area contributed by atoms with Crippen molar-refractivity contribution in [1.29, 1.82) is 0 Å². The number of nitrogens with zero attached hydrogens (tertiary/aromatic N) is 2. The quantitative estimate of drug-likeness (QED) is 0.596. The molecular weight excluding hydrogens is 290 g/mol. The van der Waals surface area contributed by atoms with Crippen molar-refractivity contribution in [1.82, 2.24) is 9.38 Å². The van der Waals surface area contributed by atoms with Crippen molar-refractivity contribution >= 4 is 28.3 Å². The molecule has 0 aliphatic carbocycles. The molecule has 0 fully saturated rings. The number of carbonyl (C=O) groups is 1. The molecular formula is C18H13N3O2. The number of hydrogen-bond acceptors (Lipinski definition) is 3. The number of anilines is 1. The van der Waals surface area contributed by atoms with Crippen molar-refractivity contribution < 1.29 is 9.90 Å². The monoisotopic (exact) mass is 303 g/mol. The molecule has 1 amide bonds. The molecule has 2 aromatic heterocycles. The van der Waals surface area contributed by atoms with E-state index in [2.05, 4.69) is 10.3 Å². The number of aromatic nitrogens is 2. The molecule has 2 N–H and O–H groups in total. The summed E-state index contributed by atoms with van der Waals surface area (Å²) in [4.78, 5) is 17.1. The molecule has 4 aromatic rings. The molecule has 23 heavy (non-hydrogen) atoms. The number of pyridine rings is 1. The van der Waals surface area contributed by atoms with Gasteiger partial charge in [-0.05, 0) is 30.3 Å². The topological polar surface area (TPSA) is 66.6 Å². The van der Waals surface area contributed by atoms with Crippen LogP contribution in [0.3, 0.4) is 0 Å². The number of rotatable bonds is 2. The second kappa shape index (κ2) is 5.14. The maximum absolute atomic E-state index is 12.6. The van der Waals surface area contributed by atoms with Gasteiger partial charge in [-0.15, -0.1) is 0 Å². The normalized spacial score (nSPS) is 11.0. The highest BCUT2D eigenvalue weighted by Gasteiger charge is 2.19. The minimum Gasteiger partial charge on any atom is -0.507 e. The molecule has 0 aliphatic rings. The van der Waals surface area contributed by atoms with Crippen molar-refractivity contribution in [2.24, 2.45) is 0 Å². The molecule has 2 heterocycles. The number of aromatic hydroxyl groups is 1. The lowest BCUT2D eigenvalue weighted by molar-refractivity contribution is 0.102. The summed E-state index contributed by atoms with van der Waals surface area (Å²) in [5.41, 5.74) is 2.91. The summed E-state index contributed by atoms with van der Waals surface area (Å²) < 4.78 is 1.80. The van der Waals surface area contributed by atoms with Gasteiger partial charge in [-0.3, -0.25) is 9.20 Å². The van der Waals surface area contributed by atoms with E-state index in [4.69, 9.17) is 0 Å². The third kappa shape index (κ3) is 2.19. The first-order valence-corrected chi connectivity index (χ1v) is 7.19. The average Bonchev–Trinajstić information content (AvgIpc) is 2.93. The highest BCUT2D eigenvalue weighted by Crippen LogP contribution is 2.26. The molecule has 4 rings (SSSR count). The van der Waals surface area contributed by atoms with Crippen LogP contribution in [-0.2, 0) is 0 Å². The smallest absolute Gasteiger partial charge is 0.263 e. The zero-order chi connectivity index (χ0) is 15.8. The molecule has 0 bridgehead atoms. The lowest BCUT2D eigenvalue weighted by atomic mass is 10.2. The molecule has 0 aliphatic heterocycles. The second-order valence-electron chi connectivity index (χ2n) is 5.19. The van der Waals surface area contributed by atoms with Crippen LogP contribution in [0.2, 0.25) is 0 Å². The third-order valence-corrected chi connectivity index (χ3v) is 3.72. The average molecular weight is 303 g/mol. The van der Waals surface area contributed by atoms with E-state index in [9.17, 15) is 9.90 Å². The van der Waals surface area contributed by atoms with Gasteiger partial charge in [0.2, 0.25) is 0 Å². The fraction of sp³-hybridized carbons (Fsp3) is 0. The van der Waals surface area contributed by atoms with Gasteiger partial charge in [0, 0.05) is 11.9 Å². The zero-order valence-electron chi connectivity index (χ0n) is 12.1. The fourth-order valence-corrected chi connectivity index (χ4v) is 2.65. The SMILES string of the molecule is O=C(Nc1ccccc1)c1c(O)ccn2c1nc1ccccc12. The van der Waals surface area contributed by atoms with E-state index in [0.29, 0.717) is 11.3 Å². The molecule has 0 saturated heterocycles. The van der Waals surface area contributed by atoms with Crippen LogP contribution in [-0.4, -0.2) is 20.4 Å². The first-order valence-electron chi connectivity index (χ1n) is 7.19. The molecule has 5 heteroatoms. The molecule has 0 unspecified atom stereocenters. The van der Waals surface area contributed by atoms with E-state index in [1.165, 1.54) is 6.07 Å². The zero-order valence-corrected chi connectivity index (χ0v) is 12.1. The number of amides is 1. The van der Waals surface area contributed by atoms with Gasteiger partial charge < -0.3 is 10.4 Å². The van der Waals surface area contributed by atoms with Gasteiger partial charge in [0.25, 0.3) is 5.91 Å². The highest BCUT2D eigenvalue weighted by molar-refractivity contribution is 6.11. The summed E-state index contributed by atoms with van der Waals surface area (Å²) in [6, 6.07) is 18.2. The van der Waals surface area contributed by atoms with E-state index >= 15 is 0 Å². The molecule has 5 nitrogen and oxygen atoms in total. The van der Waals surface area contributed by atoms with Gasteiger partial charge in [-0.2, -0.15) is 0 Å². The van der Waals surface area contributed by atoms with Crippen molar-refractivity contribution in [3.05, 3.63) is 72.4 Å². The van der Waals surface area contributed by atoms with Crippen LogP contribution in [0.5, 0.6) is 5.75 Å². The number of hydrogen-bond donors (Lipinski definition) is 2. The van der Waals surface area contributed by atoms with Crippen molar-refractivity contribution in [2.45, 2.75) is 0 Å². The van der Waals surface area contributed by atoms with E-state index in [-0.39, 0.29) is 11.3 Å². The van der Waals surface area contributed by atoms with Crippen LogP contribution in [0, 0.1) is 0 Å². The van der Waals surface area contributed by atoms with Gasteiger partial charge in [0.15, 0.2) is 5.65 Å². The van der Waals surface area contributed by atoms with Crippen LogP contribution in [0.25, 0.3) is 16.7 Å². The number of carbonyl (C=O) groups excluding carboxylic acids is 1. The minimum absolute atomic E-state index is 0.0961. The molecule has 0 atom stereocenters. The van der Waals surface area contributed by atoms with Gasteiger partial charge in [0.05, 0.1) is 11.0 Å². The number of nitrogens with one attached hydrogen (secondary N) is 1. The van der Waals surface area contributed by atoms with Gasteiger partial charge in [-0.25, -0.2) is 4.98 Å².